The topological polar surface area (TPSA) is 9.23 Å². The van der Waals surface area contributed by atoms with Crippen LogP contribution in [0.5, 0.6) is 0 Å². The SMILES string of the molecule is C1=CCC2=CC=COC=12. The molecule has 1 nitrogen and oxygen atoms in total. The molecular formula is C8H6O. The van der Waals surface area contributed by atoms with E-state index in [1.54, 1.807) is 6.26 Å². The number of allylic oxidation sites excluding steroid dienone is 3. The second-order valence-electron chi connectivity index (χ2n) is 2.02. The zero-order valence-corrected chi connectivity index (χ0v) is 4.92. The highest BCUT2D eigenvalue weighted by molar-refractivity contribution is 5.37. The Morgan fingerprint density at radius 2 is 2.56 bits per heavy atom. The molecule has 0 amide bonds. The Kier molecular flexibility index (Phi) is 0.850. The third kappa shape index (κ3) is 0.628. The van der Waals surface area contributed by atoms with Crippen molar-refractivity contribution < 1.29 is 4.74 Å². The fourth-order valence-corrected chi connectivity index (χ4v) is 0.955. The first-order chi connectivity index (χ1) is 4.47. The molecule has 2 aliphatic rings. The highest BCUT2D eigenvalue weighted by atomic mass is 16.5. The minimum absolute atomic E-state index is 0.887. The van der Waals surface area contributed by atoms with Gasteiger partial charge in [-0.05, 0) is 12.2 Å². The smallest absolute Gasteiger partial charge is 0.172 e. The van der Waals surface area contributed by atoms with Crippen molar-refractivity contribution in [3.63, 3.8) is 0 Å². The molecule has 0 unspecified atom stereocenters. The average molecular weight is 118 g/mol. The molecule has 1 heterocycles. The first kappa shape index (κ1) is 4.66. The molecule has 1 heteroatoms. The summed E-state index contributed by atoms with van der Waals surface area (Å²) < 4.78 is 5.13. The fourth-order valence-electron chi connectivity index (χ4n) is 0.955. The van der Waals surface area contributed by atoms with E-state index in [0.29, 0.717) is 0 Å². The van der Waals surface area contributed by atoms with E-state index in [9.17, 15) is 0 Å². The second kappa shape index (κ2) is 1.64. The van der Waals surface area contributed by atoms with Gasteiger partial charge < -0.3 is 4.74 Å². The summed E-state index contributed by atoms with van der Waals surface area (Å²) in [4.78, 5) is 0. The number of rotatable bonds is 0. The molecule has 1 aliphatic carbocycles. The summed E-state index contributed by atoms with van der Waals surface area (Å²) in [5.74, 6) is 0.887. The second-order valence-corrected chi connectivity index (χ2v) is 2.02. The Hall–Kier alpha value is -1.20. The van der Waals surface area contributed by atoms with E-state index in [1.807, 2.05) is 12.2 Å². The van der Waals surface area contributed by atoms with E-state index in [4.69, 9.17) is 4.74 Å². The molecule has 44 valence electrons. The van der Waals surface area contributed by atoms with Crippen LogP contribution in [0.4, 0.5) is 0 Å². The van der Waals surface area contributed by atoms with E-state index >= 15 is 0 Å². The number of hydrogen-bond acceptors (Lipinski definition) is 1. The van der Waals surface area contributed by atoms with E-state index in [2.05, 4.69) is 11.8 Å². The molecule has 0 saturated carbocycles. The van der Waals surface area contributed by atoms with Crippen LogP contribution in [0.15, 0.2) is 41.6 Å². The predicted molar refractivity (Wildman–Crippen MR) is 34.5 cm³/mol. The van der Waals surface area contributed by atoms with Crippen molar-refractivity contribution in [1.82, 2.24) is 0 Å². The predicted octanol–water partition coefficient (Wildman–Crippen LogP) is 1.90. The Labute approximate surface area is 53.6 Å². The van der Waals surface area contributed by atoms with Crippen LogP contribution in [0.25, 0.3) is 0 Å². The van der Waals surface area contributed by atoms with Crippen LogP contribution in [0.2, 0.25) is 0 Å². The third-order valence-electron chi connectivity index (χ3n) is 1.41. The monoisotopic (exact) mass is 118 g/mol. The molecule has 0 aromatic carbocycles. The molecule has 2 rings (SSSR count). The highest BCUT2D eigenvalue weighted by Crippen LogP contribution is 2.23. The maximum absolute atomic E-state index is 5.13. The number of ether oxygens (including phenoxy) is 1. The van der Waals surface area contributed by atoms with Crippen LogP contribution < -0.4 is 0 Å². The van der Waals surface area contributed by atoms with Crippen LogP contribution in [0, 0.1) is 0 Å². The molecule has 0 spiro atoms. The Morgan fingerprint density at radius 3 is 3.44 bits per heavy atom. The molecule has 0 aromatic heterocycles. The van der Waals surface area contributed by atoms with Crippen molar-refractivity contribution in [3.8, 4) is 0 Å². The Morgan fingerprint density at radius 1 is 1.56 bits per heavy atom. The summed E-state index contributed by atoms with van der Waals surface area (Å²) in [6.07, 6.45) is 8.58. The van der Waals surface area contributed by atoms with Crippen LogP contribution >= 0.6 is 0 Å². The normalized spacial score (nSPS) is 20.4. The lowest BCUT2D eigenvalue weighted by Gasteiger charge is -2.05. The van der Waals surface area contributed by atoms with Gasteiger partial charge in [0.25, 0.3) is 0 Å². The van der Waals surface area contributed by atoms with Gasteiger partial charge in [0.05, 0.1) is 6.26 Å². The minimum Gasteiger partial charge on any atom is -0.456 e. The van der Waals surface area contributed by atoms with Gasteiger partial charge in [-0.25, -0.2) is 0 Å². The lowest BCUT2D eigenvalue weighted by atomic mass is 10.2. The van der Waals surface area contributed by atoms with Crippen molar-refractivity contribution in [2.75, 3.05) is 0 Å². The number of fused-ring (bicyclic) bond motifs is 1. The van der Waals surface area contributed by atoms with Crippen LogP contribution in [0.1, 0.15) is 6.42 Å². The lowest BCUT2D eigenvalue weighted by Crippen LogP contribution is -1.89. The van der Waals surface area contributed by atoms with Crippen LogP contribution in [0.3, 0.4) is 0 Å². The van der Waals surface area contributed by atoms with E-state index < -0.39 is 0 Å². The zero-order chi connectivity index (χ0) is 6.10. The molecule has 0 N–H and O–H groups in total. The van der Waals surface area contributed by atoms with Crippen molar-refractivity contribution >= 4 is 0 Å². The maximum Gasteiger partial charge on any atom is 0.172 e. The van der Waals surface area contributed by atoms with E-state index in [1.165, 1.54) is 5.57 Å². The summed E-state index contributed by atoms with van der Waals surface area (Å²) in [6.45, 7) is 0. The van der Waals surface area contributed by atoms with Gasteiger partial charge in [0, 0.05) is 12.0 Å². The van der Waals surface area contributed by atoms with Gasteiger partial charge >= 0.3 is 0 Å². The van der Waals surface area contributed by atoms with Crippen LogP contribution in [-0.4, -0.2) is 0 Å². The van der Waals surface area contributed by atoms with Gasteiger partial charge in [-0.1, -0.05) is 11.8 Å². The molecule has 1 aliphatic heterocycles. The first-order valence-electron chi connectivity index (χ1n) is 2.95. The zero-order valence-electron chi connectivity index (χ0n) is 4.92. The van der Waals surface area contributed by atoms with Gasteiger partial charge in [-0.2, -0.15) is 0 Å². The first-order valence-corrected chi connectivity index (χ1v) is 2.95. The van der Waals surface area contributed by atoms with Crippen LogP contribution in [-0.2, 0) is 4.74 Å². The maximum atomic E-state index is 5.13. The summed E-state index contributed by atoms with van der Waals surface area (Å²) in [5.41, 5.74) is 4.24. The van der Waals surface area contributed by atoms with E-state index in [-0.39, 0.29) is 0 Å². The summed E-state index contributed by atoms with van der Waals surface area (Å²) in [6, 6.07) is 0. The lowest BCUT2D eigenvalue weighted by molar-refractivity contribution is 0.359. The standard InChI is InChI=1S/C8H6O/c1-3-7-4-2-6-9-8(7)5-1/h1-2,4,6H,3H2. The summed E-state index contributed by atoms with van der Waals surface area (Å²) in [7, 11) is 0. The van der Waals surface area contributed by atoms with Crippen molar-refractivity contribution in [2.24, 2.45) is 0 Å². The van der Waals surface area contributed by atoms with Crippen molar-refractivity contribution in [3.05, 3.63) is 41.6 Å². The van der Waals surface area contributed by atoms with Gasteiger partial charge in [-0.3, -0.25) is 0 Å². The van der Waals surface area contributed by atoms with Gasteiger partial charge in [-0.15, -0.1) is 0 Å². The van der Waals surface area contributed by atoms with Gasteiger partial charge in [0.2, 0.25) is 0 Å². The van der Waals surface area contributed by atoms with Gasteiger partial charge in [0.1, 0.15) is 0 Å². The third-order valence-corrected chi connectivity index (χ3v) is 1.41. The number of hydrogen-bond donors (Lipinski definition) is 0. The molecular weight excluding hydrogens is 112 g/mol. The van der Waals surface area contributed by atoms with Crippen molar-refractivity contribution in [1.29, 1.82) is 0 Å². The molecule has 0 fully saturated rings. The van der Waals surface area contributed by atoms with E-state index in [0.717, 1.165) is 12.2 Å². The minimum atomic E-state index is 0.887. The Balaban J connectivity index is 2.46. The largest absolute Gasteiger partial charge is 0.456 e. The summed E-state index contributed by atoms with van der Waals surface area (Å²) in [5, 5.41) is 0. The molecule has 0 saturated heterocycles. The molecule has 0 atom stereocenters. The summed E-state index contributed by atoms with van der Waals surface area (Å²) >= 11 is 0. The quantitative estimate of drug-likeness (QED) is 0.441. The molecule has 0 bridgehead atoms. The van der Waals surface area contributed by atoms with Crippen molar-refractivity contribution in [2.45, 2.75) is 6.42 Å². The van der Waals surface area contributed by atoms with Gasteiger partial charge in [0.15, 0.2) is 5.76 Å². The highest BCUT2D eigenvalue weighted by Gasteiger charge is 2.09. The molecule has 0 aromatic rings. The molecule has 9 heavy (non-hydrogen) atoms. The average Bonchev–Trinajstić information content (AvgIpc) is 2.33. The molecule has 0 radical (unpaired) electrons. The fraction of sp³-hybridized carbons (Fsp3) is 0.125. The Bertz CT molecular complexity index is 250.